The molecule has 96 valence electrons. The van der Waals surface area contributed by atoms with Crippen molar-refractivity contribution in [1.29, 1.82) is 0 Å². The molecule has 0 radical (unpaired) electrons. The molecule has 0 unspecified atom stereocenters. The van der Waals surface area contributed by atoms with Crippen molar-refractivity contribution in [3.63, 3.8) is 0 Å². The predicted octanol–water partition coefficient (Wildman–Crippen LogP) is 1.05. The van der Waals surface area contributed by atoms with E-state index in [-0.39, 0.29) is 12.5 Å². The van der Waals surface area contributed by atoms with Gasteiger partial charge < -0.3 is 20.0 Å². The predicted molar refractivity (Wildman–Crippen MR) is 70.9 cm³/mol. The summed E-state index contributed by atoms with van der Waals surface area (Å²) in [7, 11) is 5.45. The lowest BCUT2D eigenvalue weighted by molar-refractivity contribution is -0.115. The minimum atomic E-state index is -0.0897. The highest BCUT2D eigenvalue weighted by molar-refractivity contribution is 5.94. The van der Waals surface area contributed by atoms with Crippen LogP contribution in [0.4, 0.5) is 11.7 Å². The molecule has 0 fully saturated rings. The van der Waals surface area contributed by atoms with Crippen molar-refractivity contribution < 1.29 is 9.21 Å². The average Bonchev–Trinajstić information content (AvgIpc) is 2.72. The maximum absolute atomic E-state index is 11.4. The number of anilines is 2. The zero-order chi connectivity index (χ0) is 13.1. The molecule has 2 N–H and O–H groups in total. The Labute approximate surface area is 105 Å². The van der Waals surface area contributed by atoms with Crippen molar-refractivity contribution in [3.05, 3.63) is 18.2 Å². The molecule has 0 aliphatic carbocycles. The minimum absolute atomic E-state index is 0.0897. The maximum atomic E-state index is 11.4. The fraction of sp³-hybridized carbons (Fsp3) is 0.333. The molecule has 0 saturated carbocycles. The van der Waals surface area contributed by atoms with Gasteiger partial charge in [-0.15, -0.1) is 0 Å². The van der Waals surface area contributed by atoms with Crippen LogP contribution in [0.3, 0.4) is 0 Å². The van der Waals surface area contributed by atoms with Crippen LogP contribution in [0.25, 0.3) is 11.1 Å². The molecule has 18 heavy (non-hydrogen) atoms. The van der Waals surface area contributed by atoms with Gasteiger partial charge in [-0.1, -0.05) is 0 Å². The highest BCUT2D eigenvalue weighted by Gasteiger charge is 2.08. The molecule has 2 aromatic rings. The number of amides is 1. The number of oxazole rings is 1. The van der Waals surface area contributed by atoms with Crippen LogP contribution in [-0.4, -0.2) is 38.6 Å². The number of hydrogen-bond donors (Lipinski definition) is 2. The summed E-state index contributed by atoms with van der Waals surface area (Å²) in [4.78, 5) is 17.5. The summed E-state index contributed by atoms with van der Waals surface area (Å²) in [5, 5.41) is 5.57. The first-order chi connectivity index (χ1) is 8.60. The van der Waals surface area contributed by atoms with Gasteiger partial charge in [0.2, 0.25) is 5.91 Å². The molecule has 0 bridgehead atoms. The van der Waals surface area contributed by atoms with Crippen molar-refractivity contribution >= 4 is 28.7 Å². The Morgan fingerprint density at radius 2 is 2.22 bits per heavy atom. The van der Waals surface area contributed by atoms with Gasteiger partial charge in [-0.2, -0.15) is 4.98 Å². The summed E-state index contributed by atoms with van der Waals surface area (Å²) in [5.74, 6) is -0.0897. The van der Waals surface area contributed by atoms with Gasteiger partial charge in [0.25, 0.3) is 6.01 Å². The van der Waals surface area contributed by atoms with Gasteiger partial charge >= 0.3 is 0 Å². The van der Waals surface area contributed by atoms with Gasteiger partial charge in [0.05, 0.1) is 6.54 Å². The summed E-state index contributed by atoms with van der Waals surface area (Å²) >= 11 is 0. The first-order valence-corrected chi connectivity index (χ1v) is 5.62. The SMILES string of the molecule is CNCC(=O)Nc1ccc2oc(N(C)C)nc2c1. The Bertz CT molecular complexity index is 562. The number of benzene rings is 1. The summed E-state index contributed by atoms with van der Waals surface area (Å²) in [6, 6.07) is 5.92. The number of carbonyl (C=O) groups is 1. The van der Waals surface area contributed by atoms with E-state index < -0.39 is 0 Å². The standard InChI is InChI=1S/C12H16N4O2/c1-13-7-11(17)14-8-4-5-10-9(6-8)15-12(18-10)16(2)3/h4-6,13H,7H2,1-3H3,(H,14,17). The quantitative estimate of drug-likeness (QED) is 0.846. The van der Waals surface area contributed by atoms with Gasteiger partial charge in [-0.05, 0) is 25.2 Å². The summed E-state index contributed by atoms with van der Waals surface area (Å²) in [6.45, 7) is 0.278. The number of aromatic nitrogens is 1. The molecule has 0 spiro atoms. The molecular formula is C12H16N4O2. The third kappa shape index (κ3) is 2.60. The molecule has 0 saturated heterocycles. The molecule has 1 aromatic carbocycles. The van der Waals surface area contributed by atoms with Crippen LogP contribution in [-0.2, 0) is 4.79 Å². The van der Waals surface area contributed by atoms with Crippen LogP contribution < -0.4 is 15.5 Å². The largest absolute Gasteiger partial charge is 0.423 e. The number of likely N-dealkylation sites (N-methyl/N-ethyl adjacent to an activating group) is 1. The molecule has 0 atom stereocenters. The highest BCUT2D eigenvalue weighted by Crippen LogP contribution is 2.23. The smallest absolute Gasteiger partial charge is 0.297 e. The van der Waals surface area contributed by atoms with Gasteiger partial charge in [0.15, 0.2) is 5.58 Å². The fourth-order valence-electron chi connectivity index (χ4n) is 1.55. The third-order valence-corrected chi connectivity index (χ3v) is 2.38. The Balaban J connectivity index is 2.24. The average molecular weight is 248 g/mol. The second-order valence-electron chi connectivity index (χ2n) is 4.15. The van der Waals surface area contributed by atoms with E-state index in [0.717, 1.165) is 5.52 Å². The van der Waals surface area contributed by atoms with Crippen molar-refractivity contribution in [2.75, 3.05) is 37.9 Å². The van der Waals surface area contributed by atoms with Gasteiger partial charge in [0, 0.05) is 19.8 Å². The van der Waals surface area contributed by atoms with E-state index in [9.17, 15) is 4.79 Å². The number of hydrogen-bond acceptors (Lipinski definition) is 5. The second-order valence-corrected chi connectivity index (χ2v) is 4.15. The number of nitrogens with one attached hydrogen (secondary N) is 2. The van der Waals surface area contributed by atoms with Crippen molar-refractivity contribution in [3.8, 4) is 0 Å². The molecule has 1 aromatic heterocycles. The summed E-state index contributed by atoms with van der Waals surface area (Å²) in [5.41, 5.74) is 2.13. The fourth-order valence-corrected chi connectivity index (χ4v) is 1.55. The number of nitrogens with zero attached hydrogens (tertiary/aromatic N) is 2. The van der Waals surface area contributed by atoms with E-state index in [4.69, 9.17) is 4.42 Å². The topological polar surface area (TPSA) is 70.4 Å². The van der Waals surface area contributed by atoms with Crippen molar-refractivity contribution in [2.24, 2.45) is 0 Å². The Morgan fingerprint density at radius 1 is 1.44 bits per heavy atom. The van der Waals surface area contributed by atoms with E-state index in [1.165, 1.54) is 0 Å². The van der Waals surface area contributed by atoms with Crippen LogP contribution in [0.15, 0.2) is 22.6 Å². The van der Waals surface area contributed by atoms with E-state index in [2.05, 4.69) is 15.6 Å². The zero-order valence-corrected chi connectivity index (χ0v) is 10.7. The molecule has 1 amide bonds. The first kappa shape index (κ1) is 12.4. The Hall–Kier alpha value is -2.08. The summed E-state index contributed by atoms with van der Waals surface area (Å²) in [6.07, 6.45) is 0. The van der Waals surface area contributed by atoms with Crippen LogP contribution in [0.1, 0.15) is 0 Å². The van der Waals surface area contributed by atoms with E-state index in [0.29, 0.717) is 17.3 Å². The van der Waals surface area contributed by atoms with Crippen LogP contribution >= 0.6 is 0 Å². The minimum Gasteiger partial charge on any atom is -0.423 e. The van der Waals surface area contributed by atoms with Crippen LogP contribution in [0, 0.1) is 0 Å². The lowest BCUT2D eigenvalue weighted by Gasteiger charge is -2.03. The van der Waals surface area contributed by atoms with Crippen molar-refractivity contribution in [1.82, 2.24) is 10.3 Å². The van der Waals surface area contributed by atoms with Gasteiger partial charge in [0.1, 0.15) is 5.52 Å². The normalized spacial score (nSPS) is 10.6. The monoisotopic (exact) mass is 248 g/mol. The molecule has 0 aliphatic heterocycles. The first-order valence-electron chi connectivity index (χ1n) is 5.62. The molecule has 6 heteroatoms. The number of carbonyl (C=O) groups excluding carboxylic acids is 1. The molecule has 6 nitrogen and oxygen atoms in total. The summed E-state index contributed by atoms with van der Waals surface area (Å²) < 4.78 is 5.53. The molecule has 2 rings (SSSR count). The Morgan fingerprint density at radius 3 is 2.89 bits per heavy atom. The third-order valence-electron chi connectivity index (χ3n) is 2.38. The highest BCUT2D eigenvalue weighted by atomic mass is 16.4. The van der Waals surface area contributed by atoms with Crippen molar-refractivity contribution in [2.45, 2.75) is 0 Å². The van der Waals surface area contributed by atoms with E-state index in [1.807, 2.05) is 14.1 Å². The van der Waals surface area contributed by atoms with Crippen LogP contribution in [0.5, 0.6) is 0 Å². The number of fused-ring (bicyclic) bond motifs is 1. The second kappa shape index (κ2) is 5.05. The lowest BCUT2D eigenvalue weighted by atomic mass is 10.3. The maximum Gasteiger partial charge on any atom is 0.297 e. The Kier molecular flexibility index (Phi) is 3.47. The van der Waals surface area contributed by atoms with Gasteiger partial charge in [-0.3, -0.25) is 4.79 Å². The van der Waals surface area contributed by atoms with Gasteiger partial charge in [-0.25, -0.2) is 0 Å². The lowest BCUT2D eigenvalue weighted by Crippen LogP contribution is -2.24. The number of rotatable bonds is 4. The zero-order valence-electron chi connectivity index (χ0n) is 10.7. The van der Waals surface area contributed by atoms with E-state index in [1.54, 1.807) is 30.1 Å². The molecule has 1 heterocycles. The molecule has 0 aliphatic rings. The van der Waals surface area contributed by atoms with Crippen LogP contribution in [0.2, 0.25) is 0 Å². The van der Waals surface area contributed by atoms with E-state index >= 15 is 0 Å². The molecular weight excluding hydrogens is 232 g/mol.